The fraction of sp³-hybridized carbons (Fsp3) is 0.556. The highest BCUT2D eigenvalue weighted by molar-refractivity contribution is 5.96. The summed E-state index contributed by atoms with van der Waals surface area (Å²) in [6.45, 7) is 0. The molecule has 4 bridgehead atoms. The van der Waals surface area contributed by atoms with Crippen molar-refractivity contribution < 1.29 is 9.53 Å². The van der Waals surface area contributed by atoms with Crippen molar-refractivity contribution in [2.45, 2.75) is 32.1 Å². The van der Waals surface area contributed by atoms with Crippen molar-refractivity contribution in [2.75, 3.05) is 7.11 Å². The van der Waals surface area contributed by atoms with Gasteiger partial charge in [0.1, 0.15) is 5.75 Å². The van der Waals surface area contributed by atoms with Gasteiger partial charge in [-0.1, -0.05) is 0 Å². The van der Waals surface area contributed by atoms with Crippen LogP contribution < -0.4 is 10.2 Å². The van der Waals surface area contributed by atoms with Gasteiger partial charge >= 0.3 is 0 Å². The zero-order valence-corrected chi connectivity index (χ0v) is 12.9. The van der Waals surface area contributed by atoms with Gasteiger partial charge < -0.3 is 4.74 Å². The average molecular weight is 298 g/mol. The van der Waals surface area contributed by atoms with Gasteiger partial charge in [-0.25, -0.2) is 5.43 Å². The highest BCUT2D eigenvalue weighted by Gasteiger charge is 2.46. The molecule has 4 aliphatic rings. The maximum Gasteiger partial charge on any atom is 0.271 e. The quantitative estimate of drug-likeness (QED) is 0.871. The molecule has 0 aromatic heterocycles. The Labute approximate surface area is 130 Å². The van der Waals surface area contributed by atoms with E-state index in [0.717, 1.165) is 17.6 Å². The van der Waals surface area contributed by atoms with Crippen molar-refractivity contribution in [1.29, 1.82) is 0 Å². The topological polar surface area (TPSA) is 50.7 Å². The first-order chi connectivity index (χ1) is 10.7. The SMILES string of the molecule is COc1ccc(C(=O)NN=C2C3CC4CC(C3)CC2C4)cc1. The van der Waals surface area contributed by atoms with Gasteiger partial charge in [-0.05, 0) is 80.0 Å². The number of hydrogen-bond donors (Lipinski definition) is 1. The summed E-state index contributed by atoms with van der Waals surface area (Å²) in [6, 6.07) is 7.13. The molecule has 0 unspecified atom stereocenters. The van der Waals surface area contributed by atoms with Gasteiger partial charge in [-0.15, -0.1) is 0 Å². The van der Waals surface area contributed by atoms with Crippen molar-refractivity contribution >= 4 is 11.6 Å². The molecule has 1 N–H and O–H groups in total. The van der Waals surface area contributed by atoms with E-state index in [4.69, 9.17) is 4.74 Å². The van der Waals surface area contributed by atoms with Crippen LogP contribution >= 0.6 is 0 Å². The number of hydrazone groups is 1. The summed E-state index contributed by atoms with van der Waals surface area (Å²) in [4.78, 5) is 12.2. The Morgan fingerprint density at radius 2 is 1.64 bits per heavy atom. The third-order valence-corrected chi connectivity index (χ3v) is 5.61. The Kier molecular flexibility index (Phi) is 3.40. The molecule has 1 aromatic carbocycles. The van der Waals surface area contributed by atoms with Crippen molar-refractivity contribution in [2.24, 2.45) is 28.8 Å². The van der Waals surface area contributed by atoms with Gasteiger partial charge in [0.25, 0.3) is 5.91 Å². The Morgan fingerprint density at radius 3 is 2.18 bits per heavy atom. The van der Waals surface area contributed by atoms with E-state index in [1.807, 2.05) is 0 Å². The number of methoxy groups -OCH3 is 1. The third-order valence-electron chi connectivity index (χ3n) is 5.61. The molecule has 22 heavy (non-hydrogen) atoms. The van der Waals surface area contributed by atoms with Crippen LogP contribution in [0.4, 0.5) is 0 Å². The predicted octanol–water partition coefficient (Wildman–Crippen LogP) is 3.24. The first kappa shape index (κ1) is 13.8. The minimum atomic E-state index is -0.135. The van der Waals surface area contributed by atoms with Crippen LogP contribution in [-0.4, -0.2) is 18.7 Å². The van der Waals surface area contributed by atoms with E-state index in [1.54, 1.807) is 31.4 Å². The van der Waals surface area contributed by atoms with Crippen molar-refractivity contribution in [3.05, 3.63) is 29.8 Å². The molecule has 1 aromatic rings. The summed E-state index contributed by atoms with van der Waals surface area (Å²) in [5.41, 5.74) is 4.65. The largest absolute Gasteiger partial charge is 0.497 e. The van der Waals surface area contributed by atoms with E-state index in [2.05, 4.69) is 10.5 Å². The van der Waals surface area contributed by atoms with E-state index in [9.17, 15) is 4.79 Å². The molecule has 4 fully saturated rings. The lowest BCUT2D eigenvalue weighted by atomic mass is 9.55. The number of rotatable bonds is 3. The van der Waals surface area contributed by atoms with Gasteiger partial charge in [0.05, 0.1) is 7.11 Å². The fourth-order valence-corrected chi connectivity index (χ4v) is 4.77. The second kappa shape index (κ2) is 5.41. The van der Waals surface area contributed by atoms with Crippen molar-refractivity contribution in [1.82, 2.24) is 5.43 Å². The summed E-state index contributed by atoms with van der Waals surface area (Å²) >= 11 is 0. The summed E-state index contributed by atoms with van der Waals surface area (Å²) in [5.74, 6) is 3.69. The zero-order valence-electron chi connectivity index (χ0n) is 12.9. The van der Waals surface area contributed by atoms with E-state index >= 15 is 0 Å². The van der Waals surface area contributed by atoms with E-state index in [0.29, 0.717) is 17.4 Å². The molecule has 4 aliphatic carbocycles. The Balaban J connectivity index is 1.46. The van der Waals surface area contributed by atoms with E-state index < -0.39 is 0 Å². The molecule has 0 aliphatic heterocycles. The molecule has 0 spiro atoms. The standard InChI is InChI=1S/C18H22N2O2/c1-22-16-4-2-13(3-5-16)18(21)20-19-17-14-7-11-6-12(9-14)10-15(17)8-11/h2-5,11-12,14-15H,6-10H2,1H3,(H,20,21). The van der Waals surface area contributed by atoms with Gasteiger partial charge in [0, 0.05) is 11.3 Å². The Hall–Kier alpha value is -1.84. The van der Waals surface area contributed by atoms with Gasteiger partial charge in [-0.3, -0.25) is 4.79 Å². The fourth-order valence-electron chi connectivity index (χ4n) is 4.77. The molecule has 1 amide bonds. The number of amides is 1. The number of nitrogens with one attached hydrogen (secondary N) is 1. The summed E-state index contributed by atoms with van der Waals surface area (Å²) in [5, 5.41) is 4.53. The maximum atomic E-state index is 12.2. The Bertz CT molecular complexity index is 576. The van der Waals surface area contributed by atoms with Gasteiger partial charge in [0.15, 0.2) is 0 Å². The monoisotopic (exact) mass is 298 g/mol. The molecule has 4 nitrogen and oxygen atoms in total. The lowest BCUT2D eigenvalue weighted by Gasteiger charge is -2.50. The van der Waals surface area contributed by atoms with Crippen LogP contribution in [0.15, 0.2) is 29.4 Å². The molecule has 4 heteroatoms. The van der Waals surface area contributed by atoms with Crippen LogP contribution in [-0.2, 0) is 0 Å². The van der Waals surface area contributed by atoms with Crippen molar-refractivity contribution in [3.63, 3.8) is 0 Å². The van der Waals surface area contributed by atoms with Crippen LogP contribution in [0.5, 0.6) is 5.75 Å². The highest BCUT2D eigenvalue weighted by atomic mass is 16.5. The predicted molar refractivity (Wildman–Crippen MR) is 84.9 cm³/mol. The molecule has 116 valence electrons. The maximum absolute atomic E-state index is 12.2. The molecule has 0 radical (unpaired) electrons. The number of nitrogens with zero attached hydrogens (tertiary/aromatic N) is 1. The molecule has 4 saturated carbocycles. The molecular formula is C18H22N2O2. The lowest BCUT2D eigenvalue weighted by Crippen LogP contribution is -2.46. The van der Waals surface area contributed by atoms with Gasteiger partial charge in [0.2, 0.25) is 0 Å². The van der Waals surface area contributed by atoms with Crippen LogP contribution in [0.3, 0.4) is 0 Å². The van der Waals surface area contributed by atoms with Crippen LogP contribution in [0.1, 0.15) is 42.5 Å². The zero-order chi connectivity index (χ0) is 15.1. The second-order valence-corrected chi connectivity index (χ2v) is 7.01. The molecular weight excluding hydrogens is 276 g/mol. The molecule has 0 atom stereocenters. The third kappa shape index (κ3) is 2.40. The number of carbonyl (C=O) groups is 1. The summed E-state index contributed by atoms with van der Waals surface area (Å²) < 4.78 is 5.11. The molecule has 0 saturated heterocycles. The number of benzene rings is 1. The summed E-state index contributed by atoms with van der Waals surface area (Å²) in [6.07, 6.45) is 6.56. The minimum Gasteiger partial charge on any atom is -0.497 e. The molecule has 5 rings (SSSR count). The smallest absolute Gasteiger partial charge is 0.271 e. The first-order valence-corrected chi connectivity index (χ1v) is 8.24. The number of hydrogen-bond acceptors (Lipinski definition) is 3. The minimum absolute atomic E-state index is 0.135. The van der Waals surface area contributed by atoms with E-state index in [1.165, 1.54) is 37.8 Å². The number of carbonyl (C=O) groups excluding carboxylic acids is 1. The van der Waals surface area contributed by atoms with E-state index in [-0.39, 0.29) is 5.91 Å². The second-order valence-electron chi connectivity index (χ2n) is 7.01. The Morgan fingerprint density at radius 1 is 1.05 bits per heavy atom. The van der Waals surface area contributed by atoms with Crippen LogP contribution in [0.25, 0.3) is 0 Å². The van der Waals surface area contributed by atoms with Crippen LogP contribution in [0.2, 0.25) is 0 Å². The molecule has 0 heterocycles. The summed E-state index contributed by atoms with van der Waals surface area (Å²) in [7, 11) is 1.62. The van der Waals surface area contributed by atoms with Crippen molar-refractivity contribution in [3.8, 4) is 5.75 Å². The average Bonchev–Trinajstić information content (AvgIpc) is 2.53. The lowest BCUT2D eigenvalue weighted by molar-refractivity contribution is 0.0942. The highest BCUT2D eigenvalue weighted by Crippen LogP contribution is 2.52. The van der Waals surface area contributed by atoms with Gasteiger partial charge in [-0.2, -0.15) is 5.10 Å². The normalized spacial score (nSPS) is 32.0. The van der Waals surface area contributed by atoms with Crippen LogP contribution in [0, 0.1) is 23.7 Å². The first-order valence-electron chi connectivity index (χ1n) is 8.24. The number of ether oxygens (including phenoxy) is 1.